The van der Waals surface area contributed by atoms with Crippen molar-refractivity contribution in [2.24, 2.45) is 0 Å². The van der Waals surface area contributed by atoms with Gasteiger partial charge in [-0.1, -0.05) is 41.9 Å². The standard InChI is InChI=1S/C24H26ClNO8/c1-13(22(28)29)31-21-19(26-14(2)27)24(32-17-10-8-16(25)9-11-17)33-18-12-30-23(34-20(18)21)15-6-4-3-5-7-15/h3-11,13,18-21,23-24H,12H2,1-2H3,(H,26,27)(H,28,29). The van der Waals surface area contributed by atoms with Gasteiger partial charge in [-0.15, -0.1) is 0 Å². The average Bonchev–Trinajstić information content (AvgIpc) is 2.82. The van der Waals surface area contributed by atoms with Crippen LogP contribution in [0.15, 0.2) is 54.6 Å². The van der Waals surface area contributed by atoms with E-state index in [4.69, 9.17) is 35.3 Å². The third-order valence-corrected chi connectivity index (χ3v) is 5.81. The molecule has 2 saturated heterocycles. The third-order valence-electron chi connectivity index (χ3n) is 5.56. The molecule has 2 heterocycles. The molecule has 2 fully saturated rings. The summed E-state index contributed by atoms with van der Waals surface area (Å²) in [5, 5.41) is 12.8. The van der Waals surface area contributed by atoms with E-state index in [0.29, 0.717) is 10.8 Å². The van der Waals surface area contributed by atoms with Gasteiger partial charge in [0.2, 0.25) is 12.2 Å². The molecule has 0 aromatic heterocycles. The third kappa shape index (κ3) is 5.68. The zero-order valence-corrected chi connectivity index (χ0v) is 19.4. The van der Waals surface area contributed by atoms with Crippen molar-refractivity contribution in [2.45, 2.75) is 56.9 Å². The molecule has 182 valence electrons. The van der Waals surface area contributed by atoms with Gasteiger partial charge in [-0.3, -0.25) is 4.79 Å². The van der Waals surface area contributed by atoms with E-state index in [9.17, 15) is 14.7 Å². The van der Waals surface area contributed by atoms with Gasteiger partial charge in [0.05, 0.1) is 6.61 Å². The van der Waals surface area contributed by atoms with Crippen LogP contribution in [-0.4, -0.2) is 60.3 Å². The molecule has 4 rings (SSSR count). The Morgan fingerprint density at radius 3 is 2.47 bits per heavy atom. The van der Waals surface area contributed by atoms with E-state index < -0.39 is 49.0 Å². The molecule has 2 aliphatic heterocycles. The predicted molar refractivity (Wildman–Crippen MR) is 120 cm³/mol. The molecule has 0 spiro atoms. The number of aliphatic carboxylic acids is 1. The molecule has 0 aliphatic carbocycles. The van der Waals surface area contributed by atoms with Crippen molar-refractivity contribution in [1.82, 2.24) is 5.32 Å². The highest BCUT2D eigenvalue weighted by molar-refractivity contribution is 6.30. The largest absolute Gasteiger partial charge is 0.479 e. The number of nitrogens with one attached hydrogen (secondary N) is 1. The summed E-state index contributed by atoms with van der Waals surface area (Å²) >= 11 is 5.96. The molecule has 9 nitrogen and oxygen atoms in total. The van der Waals surface area contributed by atoms with E-state index in [1.54, 1.807) is 24.3 Å². The lowest BCUT2D eigenvalue weighted by atomic mass is 9.95. The van der Waals surface area contributed by atoms with Crippen molar-refractivity contribution in [2.75, 3.05) is 6.61 Å². The van der Waals surface area contributed by atoms with E-state index in [2.05, 4.69) is 5.32 Å². The maximum atomic E-state index is 12.1. The number of rotatable bonds is 7. The van der Waals surface area contributed by atoms with Crippen molar-refractivity contribution in [3.05, 3.63) is 65.2 Å². The van der Waals surface area contributed by atoms with Crippen molar-refractivity contribution in [3.8, 4) is 5.75 Å². The molecule has 1 amide bonds. The molecule has 0 saturated carbocycles. The molecule has 0 radical (unpaired) electrons. The fraction of sp³-hybridized carbons (Fsp3) is 0.417. The summed E-state index contributed by atoms with van der Waals surface area (Å²) in [6.07, 6.45) is -5.14. The molecule has 7 atom stereocenters. The first kappa shape index (κ1) is 24.4. The lowest BCUT2D eigenvalue weighted by Gasteiger charge is -2.49. The summed E-state index contributed by atoms with van der Waals surface area (Å²) in [6.45, 7) is 2.92. The highest BCUT2D eigenvalue weighted by atomic mass is 35.5. The SMILES string of the molecule is CC(=O)NC1C(Oc2ccc(Cl)cc2)OC2COC(c3ccccc3)OC2C1OC(C)C(=O)O. The first-order chi connectivity index (χ1) is 16.3. The van der Waals surface area contributed by atoms with Gasteiger partial charge in [-0.2, -0.15) is 0 Å². The van der Waals surface area contributed by atoms with E-state index >= 15 is 0 Å². The lowest BCUT2D eigenvalue weighted by Crippen LogP contribution is -2.68. The number of carboxylic acid groups (broad SMARTS) is 1. The molecule has 2 aromatic rings. The average molecular weight is 492 g/mol. The summed E-state index contributed by atoms with van der Waals surface area (Å²) in [7, 11) is 0. The number of carbonyl (C=O) groups is 2. The van der Waals surface area contributed by atoms with Crippen LogP contribution in [0.25, 0.3) is 0 Å². The number of halogens is 1. The van der Waals surface area contributed by atoms with Crippen LogP contribution >= 0.6 is 11.6 Å². The maximum absolute atomic E-state index is 12.1. The molecule has 10 heteroatoms. The summed E-state index contributed by atoms with van der Waals surface area (Å²) in [5.41, 5.74) is 0.793. The van der Waals surface area contributed by atoms with Crippen LogP contribution in [0.3, 0.4) is 0 Å². The molecule has 2 aliphatic rings. The second-order valence-corrected chi connectivity index (χ2v) is 8.54. The van der Waals surface area contributed by atoms with E-state index in [-0.39, 0.29) is 12.5 Å². The summed E-state index contributed by atoms with van der Waals surface area (Å²) < 4.78 is 30.2. The van der Waals surface area contributed by atoms with Gasteiger partial charge in [-0.25, -0.2) is 4.79 Å². The van der Waals surface area contributed by atoms with Gasteiger partial charge >= 0.3 is 5.97 Å². The van der Waals surface area contributed by atoms with Gasteiger partial charge < -0.3 is 34.1 Å². The number of hydrogen-bond donors (Lipinski definition) is 2. The van der Waals surface area contributed by atoms with Crippen LogP contribution < -0.4 is 10.1 Å². The van der Waals surface area contributed by atoms with E-state index in [0.717, 1.165) is 5.56 Å². The quantitative estimate of drug-likeness (QED) is 0.608. The Labute approximate surface area is 201 Å². The van der Waals surface area contributed by atoms with Crippen LogP contribution in [0.1, 0.15) is 25.7 Å². The second kappa shape index (κ2) is 10.7. The molecular weight excluding hydrogens is 466 g/mol. The molecule has 7 unspecified atom stereocenters. The normalized spacial score (nSPS) is 29.5. The summed E-state index contributed by atoms with van der Waals surface area (Å²) in [5.74, 6) is -1.06. The highest BCUT2D eigenvalue weighted by Gasteiger charge is 2.52. The minimum absolute atomic E-state index is 0.152. The topological polar surface area (TPSA) is 113 Å². The number of ether oxygens (including phenoxy) is 5. The Bertz CT molecular complexity index is 988. The number of fused-ring (bicyclic) bond motifs is 1. The first-order valence-electron chi connectivity index (χ1n) is 10.9. The summed E-state index contributed by atoms with van der Waals surface area (Å²) in [6, 6.07) is 15.1. The highest BCUT2D eigenvalue weighted by Crippen LogP contribution is 2.36. The van der Waals surface area contributed by atoms with Gasteiger partial charge in [0, 0.05) is 17.5 Å². The van der Waals surface area contributed by atoms with E-state index in [1.165, 1.54) is 13.8 Å². The minimum Gasteiger partial charge on any atom is -0.479 e. The maximum Gasteiger partial charge on any atom is 0.332 e. The molecule has 2 N–H and O–H groups in total. The molecule has 34 heavy (non-hydrogen) atoms. The number of hydrogen-bond acceptors (Lipinski definition) is 7. The Morgan fingerprint density at radius 1 is 1.12 bits per heavy atom. The zero-order chi connectivity index (χ0) is 24.2. The minimum atomic E-state index is -1.17. The van der Waals surface area contributed by atoms with Gasteiger partial charge in [0.1, 0.15) is 30.1 Å². The van der Waals surface area contributed by atoms with Crippen molar-refractivity contribution >= 4 is 23.5 Å². The van der Waals surface area contributed by atoms with Gasteiger partial charge in [0.25, 0.3) is 0 Å². The van der Waals surface area contributed by atoms with Crippen molar-refractivity contribution in [1.29, 1.82) is 0 Å². The molecular formula is C24H26ClNO8. The number of amides is 1. The summed E-state index contributed by atoms with van der Waals surface area (Å²) in [4.78, 5) is 23.7. The van der Waals surface area contributed by atoms with Crippen molar-refractivity contribution in [3.63, 3.8) is 0 Å². The Kier molecular flexibility index (Phi) is 7.70. The Morgan fingerprint density at radius 2 is 1.82 bits per heavy atom. The molecule has 2 aromatic carbocycles. The smallest absolute Gasteiger partial charge is 0.332 e. The first-order valence-corrected chi connectivity index (χ1v) is 11.2. The van der Waals surface area contributed by atoms with Crippen LogP contribution in [-0.2, 0) is 28.5 Å². The predicted octanol–water partition coefficient (Wildman–Crippen LogP) is 2.92. The number of benzene rings is 2. The second-order valence-electron chi connectivity index (χ2n) is 8.10. The van der Waals surface area contributed by atoms with Crippen LogP contribution in [0.2, 0.25) is 5.02 Å². The lowest BCUT2D eigenvalue weighted by molar-refractivity contribution is -0.340. The van der Waals surface area contributed by atoms with E-state index in [1.807, 2.05) is 30.3 Å². The monoisotopic (exact) mass is 491 g/mol. The fourth-order valence-electron chi connectivity index (χ4n) is 3.94. The number of carboxylic acids is 1. The van der Waals surface area contributed by atoms with Crippen LogP contribution in [0, 0.1) is 0 Å². The Balaban J connectivity index is 1.64. The zero-order valence-electron chi connectivity index (χ0n) is 18.6. The van der Waals surface area contributed by atoms with Crippen LogP contribution in [0.4, 0.5) is 0 Å². The fourth-order valence-corrected chi connectivity index (χ4v) is 4.07. The van der Waals surface area contributed by atoms with Gasteiger partial charge in [0.15, 0.2) is 12.4 Å². The van der Waals surface area contributed by atoms with Crippen LogP contribution in [0.5, 0.6) is 5.75 Å². The Hall–Kier alpha value is -2.69. The molecule has 0 bridgehead atoms. The number of carbonyl (C=O) groups excluding carboxylic acids is 1. The van der Waals surface area contributed by atoms with Crippen molar-refractivity contribution < 1.29 is 38.4 Å². The van der Waals surface area contributed by atoms with Gasteiger partial charge in [-0.05, 0) is 31.2 Å².